The van der Waals surface area contributed by atoms with Crippen LogP contribution in [0.15, 0.2) is 18.2 Å². The van der Waals surface area contributed by atoms with Gasteiger partial charge >= 0.3 is 11.9 Å². The number of esters is 1. The first-order chi connectivity index (χ1) is 8.51. The molecule has 5 heteroatoms. The summed E-state index contributed by atoms with van der Waals surface area (Å²) in [5, 5.41) is 9.21. The van der Waals surface area contributed by atoms with Crippen molar-refractivity contribution in [2.45, 2.75) is 13.8 Å². The highest BCUT2D eigenvalue weighted by Crippen LogP contribution is 2.34. The van der Waals surface area contributed by atoms with Crippen molar-refractivity contribution in [1.29, 1.82) is 0 Å². The van der Waals surface area contributed by atoms with Gasteiger partial charge in [-0.1, -0.05) is 18.2 Å². The number of carbonyl (C=O) groups is 2. The number of hydrogen-bond acceptors (Lipinski definition) is 4. The second-order valence-corrected chi connectivity index (χ2v) is 3.46. The Morgan fingerprint density at radius 1 is 1.33 bits per heavy atom. The molecule has 18 heavy (non-hydrogen) atoms. The molecule has 0 aliphatic rings. The van der Waals surface area contributed by atoms with E-state index in [2.05, 4.69) is 0 Å². The molecule has 96 valence electrons. The van der Waals surface area contributed by atoms with Gasteiger partial charge in [-0.2, -0.15) is 0 Å². The van der Waals surface area contributed by atoms with Crippen molar-refractivity contribution < 1.29 is 24.2 Å². The van der Waals surface area contributed by atoms with E-state index in [1.165, 1.54) is 20.1 Å². The van der Waals surface area contributed by atoms with Gasteiger partial charge in [0.15, 0.2) is 11.5 Å². The maximum Gasteiger partial charge on any atom is 0.340 e. The lowest BCUT2D eigenvalue weighted by atomic mass is 10.1. The summed E-state index contributed by atoms with van der Waals surface area (Å²) in [5.74, 6) is -1.55. The minimum atomic E-state index is -1.14. The van der Waals surface area contributed by atoms with Crippen molar-refractivity contribution in [3.63, 3.8) is 0 Å². The summed E-state index contributed by atoms with van der Waals surface area (Å²) in [6, 6.07) is 3.06. The first-order valence-corrected chi connectivity index (χ1v) is 5.26. The van der Waals surface area contributed by atoms with E-state index in [1.807, 2.05) is 0 Å². The molecule has 0 saturated heterocycles. The molecule has 1 rings (SSSR count). The van der Waals surface area contributed by atoms with E-state index < -0.39 is 11.9 Å². The van der Waals surface area contributed by atoms with Gasteiger partial charge in [-0.25, -0.2) is 4.79 Å². The summed E-state index contributed by atoms with van der Waals surface area (Å²) >= 11 is 0. The van der Waals surface area contributed by atoms with Crippen LogP contribution in [0.3, 0.4) is 0 Å². The normalized spacial score (nSPS) is 10.4. The molecule has 0 amide bonds. The molecule has 0 unspecified atom stereocenters. The van der Waals surface area contributed by atoms with Crippen molar-refractivity contribution in [3.05, 3.63) is 29.3 Å². The summed E-state index contributed by atoms with van der Waals surface area (Å²) in [5.41, 5.74) is 0.451. The number of ether oxygens (including phenoxy) is 2. The number of rotatable bonds is 4. The highest BCUT2D eigenvalue weighted by molar-refractivity contribution is 5.96. The second-order valence-electron chi connectivity index (χ2n) is 3.46. The Morgan fingerprint density at radius 3 is 2.44 bits per heavy atom. The Kier molecular flexibility index (Phi) is 4.48. The summed E-state index contributed by atoms with van der Waals surface area (Å²) in [4.78, 5) is 22.2. The first kappa shape index (κ1) is 13.8. The fourth-order valence-corrected chi connectivity index (χ4v) is 1.56. The Labute approximate surface area is 105 Å². The maximum absolute atomic E-state index is 11.3. The van der Waals surface area contributed by atoms with Gasteiger partial charge in [-0.05, 0) is 18.6 Å². The van der Waals surface area contributed by atoms with Crippen molar-refractivity contribution >= 4 is 18.0 Å². The van der Waals surface area contributed by atoms with E-state index in [9.17, 15) is 14.7 Å². The van der Waals surface area contributed by atoms with Gasteiger partial charge in [0.2, 0.25) is 0 Å². The number of carboxylic acid groups (broad SMARTS) is 1. The molecule has 0 spiro atoms. The largest absolute Gasteiger partial charge is 0.492 e. The van der Waals surface area contributed by atoms with Gasteiger partial charge in [-0.3, -0.25) is 4.79 Å². The van der Waals surface area contributed by atoms with E-state index in [0.717, 1.165) is 0 Å². The van der Waals surface area contributed by atoms with Crippen LogP contribution in [-0.4, -0.2) is 24.2 Å². The second kappa shape index (κ2) is 5.86. The number of benzene rings is 1. The van der Waals surface area contributed by atoms with E-state index in [1.54, 1.807) is 25.1 Å². The third-order valence-electron chi connectivity index (χ3n) is 2.17. The summed E-state index contributed by atoms with van der Waals surface area (Å²) in [6.45, 7) is 3.01. The molecular weight excluding hydrogens is 236 g/mol. The van der Waals surface area contributed by atoms with Gasteiger partial charge in [0.25, 0.3) is 0 Å². The lowest BCUT2D eigenvalue weighted by molar-refractivity contribution is -0.132. The van der Waals surface area contributed by atoms with Crippen LogP contribution in [0.5, 0.6) is 11.5 Å². The van der Waals surface area contributed by atoms with Crippen molar-refractivity contribution in [2.75, 3.05) is 7.11 Å². The van der Waals surface area contributed by atoms with Gasteiger partial charge in [-0.15, -0.1) is 0 Å². The number of hydrogen-bond donors (Lipinski definition) is 1. The average molecular weight is 250 g/mol. The molecular formula is C13H14O5. The molecule has 1 aromatic rings. The summed E-state index contributed by atoms with van der Waals surface area (Å²) < 4.78 is 9.94. The molecule has 0 radical (unpaired) electrons. The third-order valence-corrected chi connectivity index (χ3v) is 2.17. The van der Waals surface area contributed by atoms with Crippen LogP contribution in [0.25, 0.3) is 6.08 Å². The van der Waals surface area contributed by atoms with E-state index >= 15 is 0 Å². The molecule has 0 bridgehead atoms. The quantitative estimate of drug-likeness (QED) is 0.656. The molecule has 5 nitrogen and oxygen atoms in total. The lowest BCUT2D eigenvalue weighted by Crippen LogP contribution is -2.08. The minimum Gasteiger partial charge on any atom is -0.492 e. The smallest absolute Gasteiger partial charge is 0.340 e. The van der Waals surface area contributed by atoms with Crippen molar-refractivity contribution in [3.8, 4) is 11.5 Å². The predicted octanol–water partition coefficient (Wildman–Crippen LogP) is 2.35. The molecule has 0 atom stereocenters. The Hall–Kier alpha value is -2.30. The third kappa shape index (κ3) is 2.88. The van der Waals surface area contributed by atoms with Gasteiger partial charge < -0.3 is 14.6 Å². The standard InChI is InChI=1S/C13H14O5/c1-4-5-9-6-7-10(18-8(2)14)12(17-3)11(9)13(15)16/h4-7H,1-3H3,(H,15,16). The van der Waals surface area contributed by atoms with Crippen LogP contribution in [0.2, 0.25) is 0 Å². The maximum atomic E-state index is 11.3. The van der Waals surface area contributed by atoms with E-state index in [0.29, 0.717) is 5.56 Å². The van der Waals surface area contributed by atoms with Crippen LogP contribution < -0.4 is 9.47 Å². The Bertz CT molecular complexity index is 502. The van der Waals surface area contributed by atoms with Crippen LogP contribution >= 0.6 is 0 Å². The molecule has 0 aliphatic carbocycles. The molecule has 0 aliphatic heterocycles. The molecule has 0 fully saturated rings. The number of aromatic carboxylic acids is 1. The molecule has 0 heterocycles. The van der Waals surface area contributed by atoms with Crippen molar-refractivity contribution in [1.82, 2.24) is 0 Å². The Morgan fingerprint density at radius 2 is 2.00 bits per heavy atom. The predicted molar refractivity (Wildman–Crippen MR) is 66.0 cm³/mol. The zero-order valence-electron chi connectivity index (χ0n) is 10.4. The van der Waals surface area contributed by atoms with E-state index in [-0.39, 0.29) is 17.1 Å². The summed E-state index contributed by atoms with van der Waals surface area (Å²) in [6.07, 6.45) is 3.36. The molecule has 1 N–H and O–H groups in total. The zero-order chi connectivity index (χ0) is 13.7. The molecule has 1 aromatic carbocycles. The number of carbonyl (C=O) groups excluding carboxylic acids is 1. The fourth-order valence-electron chi connectivity index (χ4n) is 1.56. The fraction of sp³-hybridized carbons (Fsp3) is 0.231. The van der Waals surface area contributed by atoms with E-state index in [4.69, 9.17) is 9.47 Å². The number of carboxylic acids is 1. The van der Waals surface area contributed by atoms with Gasteiger partial charge in [0.05, 0.1) is 7.11 Å². The van der Waals surface area contributed by atoms with Crippen LogP contribution in [0.1, 0.15) is 29.8 Å². The van der Waals surface area contributed by atoms with Crippen LogP contribution in [0, 0.1) is 0 Å². The first-order valence-electron chi connectivity index (χ1n) is 5.26. The highest BCUT2D eigenvalue weighted by atomic mass is 16.6. The van der Waals surface area contributed by atoms with Gasteiger partial charge in [0, 0.05) is 6.92 Å². The number of methoxy groups -OCH3 is 1. The summed E-state index contributed by atoms with van der Waals surface area (Å²) in [7, 11) is 1.33. The number of allylic oxidation sites excluding steroid dienone is 1. The van der Waals surface area contributed by atoms with Gasteiger partial charge in [0.1, 0.15) is 5.56 Å². The monoisotopic (exact) mass is 250 g/mol. The van der Waals surface area contributed by atoms with Crippen molar-refractivity contribution in [2.24, 2.45) is 0 Å². The van der Waals surface area contributed by atoms with Crippen LogP contribution in [0.4, 0.5) is 0 Å². The average Bonchev–Trinajstić information content (AvgIpc) is 2.29. The molecule has 0 saturated carbocycles. The minimum absolute atomic E-state index is 0.0330. The Balaban J connectivity index is 3.47. The highest BCUT2D eigenvalue weighted by Gasteiger charge is 2.20. The SMILES string of the molecule is CC=Cc1ccc(OC(C)=O)c(OC)c1C(=O)O. The zero-order valence-corrected chi connectivity index (χ0v) is 10.4. The molecule has 0 aromatic heterocycles. The lowest BCUT2D eigenvalue weighted by Gasteiger charge is -2.12. The topological polar surface area (TPSA) is 72.8 Å². The van der Waals surface area contributed by atoms with Crippen LogP contribution in [-0.2, 0) is 4.79 Å².